The standard InChI is InChI=1S/C9H11N3O3S/c1-2-15-9-5-3-4-8(7(9)6-10)12-16(11,13)14/h3-5,12H,2H2,1H3,(H2,11,13,14). The number of nitrogens with two attached hydrogens (primary N) is 1. The molecular weight excluding hydrogens is 230 g/mol. The Hall–Kier alpha value is -1.78. The van der Waals surface area contributed by atoms with Crippen LogP contribution in [0.15, 0.2) is 18.2 Å². The second kappa shape index (κ2) is 4.83. The molecule has 0 radical (unpaired) electrons. The van der Waals surface area contributed by atoms with E-state index in [4.69, 9.17) is 15.1 Å². The highest BCUT2D eigenvalue weighted by Gasteiger charge is 2.12. The fourth-order valence-electron chi connectivity index (χ4n) is 1.16. The van der Waals surface area contributed by atoms with Crippen LogP contribution in [0.3, 0.4) is 0 Å². The average molecular weight is 241 g/mol. The summed E-state index contributed by atoms with van der Waals surface area (Å²) < 4.78 is 28.9. The zero-order valence-corrected chi connectivity index (χ0v) is 9.41. The van der Waals surface area contributed by atoms with Gasteiger partial charge in [-0.15, -0.1) is 0 Å². The molecule has 0 heterocycles. The van der Waals surface area contributed by atoms with E-state index in [0.29, 0.717) is 12.4 Å². The number of nitriles is 1. The number of benzene rings is 1. The normalized spacial score (nSPS) is 10.6. The first-order valence-corrected chi connectivity index (χ1v) is 5.99. The lowest BCUT2D eigenvalue weighted by atomic mass is 10.2. The maximum absolute atomic E-state index is 10.9. The van der Waals surface area contributed by atoms with Gasteiger partial charge in [-0.3, -0.25) is 4.72 Å². The van der Waals surface area contributed by atoms with Crippen LogP contribution >= 0.6 is 0 Å². The molecule has 0 aliphatic rings. The molecule has 1 aromatic rings. The summed E-state index contributed by atoms with van der Waals surface area (Å²) in [7, 11) is -3.90. The Balaban J connectivity index is 3.20. The fourth-order valence-corrected chi connectivity index (χ4v) is 1.64. The molecule has 86 valence electrons. The summed E-state index contributed by atoms with van der Waals surface area (Å²) in [5.41, 5.74) is 0.217. The van der Waals surface area contributed by atoms with E-state index in [2.05, 4.69) is 0 Å². The van der Waals surface area contributed by atoms with Crippen molar-refractivity contribution in [1.82, 2.24) is 0 Å². The Bertz CT molecular complexity index is 519. The van der Waals surface area contributed by atoms with Crippen LogP contribution in [0.25, 0.3) is 0 Å². The maximum Gasteiger partial charge on any atom is 0.296 e. The summed E-state index contributed by atoms with van der Waals surface area (Å²) in [6, 6.07) is 6.45. The van der Waals surface area contributed by atoms with E-state index in [0.717, 1.165) is 0 Å². The average Bonchev–Trinajstić information content (AvgIpc) is 2.16. The van der Waals surface area contributed by atoms with Crippen molar-refractivity contribution in [3.05, 3.63) is 23.8 Å². The van der Waals surface area contributed by atoms with E-state index < -0.39 is 10.2 Å². The Labute approximate surface area is 93.8 Å². The largest absolute Gasteiger partial charge is 0.492 e. The maximum atomic E-state index is 10.9. The number of hydrogen-bond donors (Lipinski definition) is 2. The summed E-state index contributed by atoms with van der Waals surface area (Å²) in [5.74, 6) is 0.318. The first-order chi connectivity index (χ1) is 7.48. The van der Waals surface area contributed by atoms with Gasteiger partial charge in [-0.2, -0.15) is 13.7 Å². The Kier molecular flexibility index (Phi) is 3.71. The summed E-state index contributed by atoms with van der Waals surface area (Å²) in [5, 5.41) is 13.7. The fraction of sp³-hybridized carbons (Fsp3) is 0.222. The number of anilines is 1. The number of nitrogens with one attached hydrogen (secondary N) is 1. The van der Waals surface area contributed by atoms with Crippen LogP contribution in [0.4, 0.5) is 5.69 Å². The number of rotatable bonds is 4. The monoisotopic (exact) mass is 241 g/mol. The van der Waals surface area contributed by atoms with Crippen molar-refractivity contribution in [2.45, 2.75) is 6.92 Å². The van der Waals surface area contributed by atoms with Gasteiger partial charge < -0.3 is 4.74 Å². The van der Waals surface area contributed by atoms with Crippen molar-refractivity contribution in [3.63, 3.8) is 0 Å². The first kappa shape index (κ1) is 12.3. The smallest absolute Gasteiger partial charge is 0.296 e. The minimum Gasteiger partial charge on any atom is -0.492 e. The second-order valence-corrected chi connectivity index (χ2v) is 4.16. The molecule has 0 aromatic heterocycles. The molecule has 0 saturated carbocycles. The lowest BCUT2D eigenvalue weighted by Crippen LogP contribution is -2.22. The van der Waals surface area contributed by atoms with Gasteiger partial charge in [0.15, 0.2) is 0 Å². The van der Waals surface area contributed by atoms with E-state index in [9.17, 15) is 8.42 Å². The first-order valence-electron chi connectivity index (χ1n) is 4.44. The van der Waals surface area contributed by atoms with Crippen molar-refractivity contribution >= 4 is 15.9 Å². The molecular formula is C9H11N3O3S. The van der Waals surface area contributed by atoms with Crippen LogP contribution in [0.5, 0.6) is 5.75 Å². The van der Waals surface area contributed by atoms with Gasteiger partial charge in [0.25, 0.3) is 10.2 Å². The van der Waals surface area contributed by atoms with Gasteiger partial charge >= 0.3 is 0 Å². The Morgan fingerprint density at radius 3 is 2.75 bits per heavy atom. The molecule has 3 N–H and O–H groups in total. The van der Waals surface area contributed by atoms with E-state index in [1.807, 2.05) is 10.8 Å². The Morgan fingerprint density at radius 1 is 1.56 bits per heavy atom. The predicted octanol–water partition coefficient (Wildman–Crippen LogP) is 0.572. The van der Waals surface area contributed by atoms with Crippen LogP contribution in [0.1, 0.15) is 12.5 Å². The highest BCUT2D eigenvalue weighted by molar-refractivity contribution is 7.90. The van der Waals surface area contributed by atoms with Crippen LogP contribution in [-0.4, -0.2) is 15.0 Å². The van der Waals surface area contributed by atoms with Gasteiger partial charge in [0.05, 0.1) is 12.3 Å². The van der Waals surface area contributed by atoms with E-state index >= 15 is 0 Å². The summed E-state index contributed by atoms with van der Waals surface area (Å²) in [6.45, 7) is 2.15. The van der Waals surface area contributed by atoms with Crippen LogP contribution in [0, 0.1) is 11.3 Å². The van der Waals surface area contributed by atoms with Crippen molar-refractivity contribution in [3.8, 4) is 11.8 Å². The van der Waals surface area contributed by atoms with E-state index in [-0.39, 0.29) is 11.3 Å². The second-order valence-electron chi connectivity index (χ2n) is 2.87. The molecule has 7 heteroatoms. The molecule has 0 atom stereocenters. The van der Waals surface area contributed by atoms with Crippen molar-refractivity contribution in [2.24, 2.45) is 5.14 Å². The molecule has 6 nitrogen and oxygen atoms in total. The molecule has 1 aromatic carbocycles. The van der Waals surface area contributed by atoms with Crippen LogP contribution < -0.4 is 14.6 Å². The molecule has 0 bridgehead atoms. The van der Waals surface area contributed by atoms with E-state index in [1.165, 1.54) is 6.07 Å². The summed E-state index contributed by atoms with van der Waals surface area (Å²) >= 11 is 0. The number of ether oxygens (including phenoxy) is 1. The minimum atomic E-state index is -3.90. The van der Waals surface area contributed by atoms with Crippen LogP contribution in [-0.2, 0) is 10.2 Å². The van der Waals surface area contributed by atoms with Gasteiger partial charge in [0, 0.05) is 0 Å². The third kappa shape index (κ3) is 3.12. The molecule has 16 heavy (non-hydrogen) atoms. The molecule has 0 fully saturated rings. The van der Waals surface area contributed by atoms with Gasteiger partial charge in [-0.05, 0) is 19.1 Å². The highest BCUT2D eigenvalue weighted by Crippen LogP contribution is 2.25. The molecule has 0 spiro atoms. The zero-order chi connectivity index (χ0) is 12.2. The van der Waals surface area contributed by atoms with Gasteiger partial charge in [0.1, 0.15) is 17.4 Å². The van der Waals surface area contributed by atoms with Gasteiger partial charge in [-0.1, -0.05) is 6.07 Å². The van der Waals surface area contributed by atoms with Crippen LogP contribution in [0.2, 0.25) is 0 Å². The topological polar surface area (TPSA) is 105 Å². The quantitative estimate of drug-likeness (QED) is 0.803. The Morgan fingerprint density at radius 2 is 2.25 bits per heavy atom. The van der Waals surface area contributed by atoms with Crippen molar-refractivity contribution in [2.75, 3.05) is 11.3 Å². The number of nitrogens with zero attached hydrogens (tertiary/aromatic N) is 1. The third-order valence-corrected chi connectivity index (χ3v) is 2.19. The number of hydrogen-bond acceptors (Lipinski definition) is 4. The van der Waals surface area contributed by atoms with Gasteiger partial charge in [-0.25, -0.2) is 5.14 Å². The van der Waals surface area contributed by atoms with Crippen molar-refractivity contribution < 1.29 is 13.2 Å². The summed E-state index contributed by atoms with van der Waals surface area (Å²) in [6.07, 6.45) is 0. The van der Waals surface area contributed by atoms with Gasteiger partial charge in [0.2, 0.25) is 0 Å². The molecule has 0 unspecified atom stereocenters. The zero-order valence-electron chi connectivity index (χ0n) is 8.60. The predicted molar refractivity (Wildman–Crippen MR) is 59.1 cm³/mol. The SMILES string of the molecule is CCOc1cccc(NS(N)(=O)=O)c1C#N. The molecule has 0 saturated heterocycles. The summed E-state index contributed by atoms with van der Waals surface area (Å²) in [4.78, 5) is 0. The third-order valence-electron chi connectivity index (χ3n) is 1.69. The molecule has 1 rings (SSSR count). The lowest BCUT2D eigenvalue weighted by Gasteiger charge is -2.10. The minimum absolute atomic E-state index is 0.107. The van der Waals surface area contributed by atoms with E-state index in [1.54, 1.807) is 19.1 Å². The van der Waals surface area contributed by atoms with Crippen molar-refractivity contribution in [1.29, 1.82) is 5.26 Å². The molecule has 0 aliphatic heterocycles. The molecule has 0 amide bonds. The molecule has 0 aliphatic carbocycles. The lowest BCUT2D eigenvalue weighted by molar-refractivity contribution is 0.339. The highest BCUT2D eigenvalue weighted by atomic mass is 32.2.